The summed E-state index contributed by atoms with van der Waals surface area (Å²) in [4.78, 5) is 6.65. The van der Waals surface area contributed by atoms with Crippen LogP contribution in [0.5, 0.6) is 0 Å². The van der Waals surface area contributed by atoms with Gasteiger partial charge in [-0.05, 0) is 103 Å². The first-order valence-electron chi connectivity index (χ1n) is 11.9. The molecular weight excluding hydrogens is 380 g/mol. The van der Waals surface area contributed by atoms with E-state index in [4.69, 9.17) is 4.74 Å². The number of ether oxygens (including phenoxy) is 1. The molecule has 1 unspecified atom stereocenters. The van der Waals surface area contributed by atoms with Gasteiger partial charge in [-0.15, -0.1) is 0 Å². The summed E-state index contributed by atoms with van der Waals surface area (Å²) < 4.78 is 5.43. The largest absolute Gasteiger partial charge is 0.381 e. The Labute approximate surface area is 198 Å². The molecular formula is C28H62N2O. The maximum Gasteiger partial charge on any atom is 0.0602 e. The predicted octanol–water partition coefficient (Wildman–Crippen LogP) is 8.66. The number of fused-ring (bicyclic) bond motifs is 3. The van der Waals surface area contributed by atoms with Crippen molar-refractivity contribution in [3.63, 3.8) is 0 Å². The van der Waals surface area contributed by atoms with Crippen molar-refractivity contribution in [1.29, 1.82) is 0 Å². The summed E-state index contributed by atoms with van der Waals surface area (Å²) in [5, 5.41) is 0. The summed E-state index contributed by atoms with van der Waals surface area (Å²) in [5.74, 6) is 1.92. The van der Waals surface area contributed by atoms with Crippen LogP contribution in [-0.4, -0.2) is 51.0 Å². The highest BCUT2D eigenvalue weighted by Crippen LogP contribution is 2.42. The number of hydrogen-bond donors (Lipinski definition) is 0. The van der Waals surface area contributed by atoms with E-state index in [1.165, 1.54) is 115 Å². The molecule has 0 aromatic heterocycles. The van der Waals surface area contributed by atoms with Gasteiger partial charge in [0.2, 0.25) is 0 Å². The lowest BCUT2D eigenvalue weighted by atomic mass is 9.69. The van der Waals surface area contributed by atoms with Gasteiger partial charge in [0.05, 0.1) is 6.10 Å². The fraction of sp³-hybridized carbons (Fsp3) is 0.964. The second kappa shape index (κ2) is 21.4. The maximum atomic E-state index is 5.43. The summed E-state index contributed by atoms with van der Waals surface area (Å²) >= 11 is 0. The third kappa shape index (κ3) is 14.4. The van der Waals surface area contributed by atoms with E-state index in [0.29, 0.717) is 6.10 Å². The first-order chi connectivity index (χ1) is 13.2. The molecule has 4 aliphatic carbocycles. The molecule has 3 heteroatoms. The summed E-state index contributed by atoms with van der Waals surface area (Å²) in [6.07, 6.45) is 21.6. The van der Waals surface area contributed by atoms with Gasteiger partial charge in [-0.1, -0.05) is 55.4 Å². The van der Waals surface area contributed by atoms with Crippen molar-refractivity contribution in [1.82, 2.24) is 4.90 Å². The number of rotatable bonds is 1. The molecule has 190 valence electrons. The predicted molar refractivity (Wildman–Crippen MR) is 145 cm³/mol. The van der Waals surface area contributed by atoms with Gasteiger partial charge in [0, 0.05) is 19.9 Å². The molecule has 0 N–H and O–H groups in total. The Morgan fingerprint density at radius 2 is 1.23 bits per heavy atom. The van der Waals surface area contributed by atoms with Crippen molar-refractivity contribution in [3.8, 4) is 0 Å². The molecule has 5 fully saturated rings. The molecule has 1 atom stereocenters. The van der Waals surface area contributed by atoms with Crippen LogP contribution in [0.25, 0.3) is 0 Å². The fourth-order valence-corrected chi connectivity index (χ4v) is 5.19. The smallest absolute Gasteiger partial charge is 0.0602 e. The van der Waals surface area contributed by atoms with Crippen LogP contribution in [0.15, 0.2) is 4.99 Å². The highest BCUT2D eigenvalue weighted by molar-refractivity contribution is 5.84. The zero-order valence-electron chi connectivity index (χ0n) is 18.6. The molecule has 1 saturated heterocycles. The number of likely N-dealkylation sites (tertiary alicyclic amines) is 1. The third-order valence-corrected chi connectivity index (χ3v) is 7.11. The molecule has 1 heterocycles. The number of nitrogens with zero attached hydrogens (tertiary/aromatic N) is 2. The number of methoxy groups -OCH3 is 1. The second-order valence-corrected chi connectivity index (χ2v) is 9.21. The van der Waals surface area contributed by atoms with E-state index in [9.17, 15) is 0 Å². The van der Waals surface area contributed by atoms with E-state index in [2.05, 4.69) is 16.9 Å². The summed E-state index contributed by atoms with van der Waals surface area (Å²) in [5.41, 5.74) is 1.44. The van der Waals surface area contributed by atoms with Crippen LogP contribution in [0.2, 0.25) is 0 Å². The van der Waals surface area contributed by atoms with Gasteiger partial charge in [-0.2, -0.15) is 0 Å². The SMILES string of the molecule is C.C.C.C.CN1CCCCCC1.CN=C1CCCCCC1.COC1CC2CCC1CC2. The third-order valence-electron chi connectivity index (χ3n) is 7.11. The fourth-order valence-electron chi connectivity index (χ4n) is 5.19. The molecule has 0 radical (unpaired) electrons. The lowest BCUT2D eigenvalue weighted by Gasteiger charge is -2.41. The minimum absolute atomic E-state index is 0. The molecule has 0 amide bonds. The quantitative estimate of drug-likeness (QED) is 0.379. The molecule has 5 aliphatic rings. The molecule has 5 rings (SSSR count). The zero-order chi connectivity index (χ0) is 19.3. The summed E-state index contributed by atoms with van der Waals surface area (Å²) in [7, 11) is 6.00. The van der Waals surface area contributed by atoms with Crippen LogP contribution in [-0.2, 0) is 4.74 Å². The van der Waals surface area contributed by atoms with Gasteiger partial charge in [-0.25, -0.2) is 0 Å². The highest BCUT2D eigenvalue weighted by atomic mass is 16.5. The van der Waals surface area contributed by atoms with Crippen molar-refractivity contribution in [2.24, 2.45) is 16.8 Å². The van der Waals surface area contributed by atoms with Crippen molar-refractivity contribution in [2.75, 3.05) is 34.3 Å². The zero-order valence-corrected chi connectivity index (χ0v) is 18.6. The topological polar surface area (TPSA) is 24.8 Å². The average Bonchev–Trinajstić information content (AvgIpc) is 3.14. The van der Waals surface area contributed by atoms with E-state index in [1.807, 2.05) is 14.2 Å². The van der Waals surface area contributed by atoms with E-state index in [0.717, 1.165) is 11.8 Å². The van der Waals surface area contributed by atoms with Crippen LogP contribution >= 0.6 is 0 Å². The minimum Gasteiger partial charge on any atom is -0.381 e. The minimum atomic E-state index is 0. The Hall–Kier alpha value is -0.410. The van der Waals surface area contributed by atoms with Crippen LogP contribution in [0, 0.1) is 11.8 Å². The van der Waals surface area contributed by atoms with Crippen LogP contribution in [0.4, 0.5) is 0 Å². The second-order valence-electron chi connectivity index (χ2n) is 9.21. The van der Waals surface area contributed by atoms with Crippen molar-refractivity contribution < 1.29 is 4.74 Å². The Morgan fingerprint density at radius 3 is 1.58 bits per heavy atom. The van der Waals surface area contributed by atoms with Gasteiger partial charge in [0.1, 0.15) is 0 Å². The van der Waals surface area contributed by atoms with Gasteiger partial charge in [0.15, 0.2) is 0 Å². The lowest BCUT2D eigenvalue weighted by molar-refractivity contribution is -0.0288. The first kappa shape index (κ1) is 35.2. The standard InChI is InChI=1S/C9H16O.C8H15N.C7H15N.4CH4/c1-10-9-6-7-2-4-8(9)5-3-7;1-9-8-6-4-2-3-5-7-8;1-8-6-4-2-3-5-7-8;;;;/h7-9H,2-6H2,1H3;2-7H2,1H3;2-7H2,1H3;4*1H4. The van der Waals surface area contributed by atoms with Gasteiger partial charge in [-0.3, -0.25) is 4.99 Å². The van der Waals surface area contributed by atoms with Crippen molar-refractivity contribution >= 4 is 5.71 Å². The summed E-state index contributed by atoms with van der Waals surface area (Å²) in [6, 6.07) is 0. The molecule has 4 saturated carbocycles. The number of hydrogen-bond acceptors (Lipinski definition) is 3. The molecule has 1 aliphatic heterocycles. The number of aliphatic imine (C=N–C) groups is 1. The van der Waals surface area contributed by atoms with Gasteiger partial charge < -0.3 is 9.64 Å². The summed E-state index contributed by atoms with van der Waals surface area (Å²) in [6.45, 7) is 2.64. The van der Waals surface area contributed by atoms with Crippen LogP contribution in [0.1, 0.15) is 126 Å². The molecule has 0 aromatic rings. The molecule has 0 spiro atoms. The molecule has 2 bridgehead atoms. The molecule has 0 aromatic carbocycles. The first-order valence-corrected chi connectivity index (χ1v) is 11.9. The van der Waals surface area contributed by atoms with Crippen LogP contribution < -0.4 is 0 Å². The monoisotopic (exact) mass is 442 g/mol. The Bertz CT molecular complexity index is 384. The van der Waals surface area contributed by atoms with E-state index >= 15 is 0 Å². The highest BCUT2D eigenvalue weighted by Gasteiger charge is 2.35. The Morgan fingerprint density at radius 1 is 0.742 bits per heavy atom. The van der Waals surface area contributed by atoms with Gasteiger partial charge in [0.25, 0.3) is 0 Å². The Kier molecular flexibility index (Phi) is 24.3. The van der Waals surface area contributed by atoms with E-state index < -0.39 is 0 Å². The lowest BCUT2D eigenvalue weighted by Crippen LogP contribution is -2.36. The average molecular weight is 443 g/mol. The molecule has 31 heavy (non-hydrogen) atoms. The van der Waals surface area contributed by atoms with E-state index in [1.54, 1.807) is 0 Å². The van der Waals surface area contributed by atoms with Crippen molar-refractivity contribution in [2.45, 2.75) is 132 Å². The Balaban J connectivity index is -0.000000359. The molecule has 3 nitrogen and oxygen atoms in total. The van der Waals surface area contributed by atoms with Crippen molar-refractivity contribution in [3.05, 3.63) is 0 Å². The van der Waals surface area contributed by atoms with Gasteiger partial charge >= 0.3 is 0 Å². The maximum absolute atomic E-state index is 5.43. The normalized spacial score (nSPS) is 27.5. The van der Waals surface area contributed by atoms with E-state index in [-0.39, 0.29) is 29.7 Å². The van der Waals surface area contributed by atoms with Crippen LogP contribution in [0.3, 0.4) is 0 Å².